The van der Waals surface area contributed by atoms with Crippen LogP contribution in [0.1, 0.15) is 26.8 Å². The van der Waals surface area contributed by atoms with Crippen molar-refractivity contribution in [3.8, 4) is 0 Å². The number of aromatic nitrogens is 2. The van der Waals surface area contributed by atoms with E-state index in [-0.39, 0.29) is 11.7 Å². The molecule has 1 aromatic rings. The van der Waals surface area contributed by atoms with Crippen LogP contribution in [0.5, 0.6) is 0 Å². The summed E-state index contributed by atoms with van der Waals surface area (Å²) in [6.07, 6.45) is 1.92. The van der Waals surface area contributed by atoms with E-state index in [1.807, 2.05) is 26.8 Å². The average molecular weight is 180 g/mol. The van der Waals surface area contributed by atoms with E-state index in [1.165, 1.54) is 0 Å². The van der Waals surface area contributed by atoms with Crippen LogP contribution in [-0.2, 0) is 7.05 Å². The summed E-state index contributed by atoms with van der Waals surface area (Å²) in [4.78, 5) is 11.7. The lowest BCUT2D eigenvalue weighted by atomic mass is 10.4. The fourth-order valence-electron chi connectivity index (χ4n) is 1.50. The molecule has 0 saturated heterocycles. The Morgan fingerprint density at radius 2 is 2.00 bits per heavy atom. The Morgan fingerprint density at radius 3 is 2.31 bits per heavy atom. The zero-order chi connectivity index (χ0) is 10.2. The standard InChI is InChI=1S/C10H16N2O/c1-6-9-8(4)11(5)10(13)12(9)7(2)3/h6-7H,4H2,1-3,5H3/b9-6+. The lowest BCUT2D eigenvalue weighted by molar-refractivity contribution is 0.556. The molecule has 3 heteroatoms. The highest BCUT2D eigenvalue weighted by atomic mass is 16.1. The van der Waals surface area contributed by atoms with Gasteiger partial charge in [0.2, 0.25) is 0 Å². The summed E-state index contributed by atoms with van der Waals surface area (Å²) in [5.41, 5.74) is 0.00750. The van der Waals surface area contributed by atoms with Crippen molar-refractivity contribution < 1.29 is 0 Å². The first-order valence-corrected chi connectivity index (χ1v) is 4.43. The molecule has 72 valence electrons. The fourth-order valence-corrected chi connectivity index (χ4v) is 1.50. The fraction of sp³-hybridized carbons (Fsp3) is 0.500. The molecule has 0 radical (unpaired) electrons. The lowest BCUT2D eigenvalue weighted by Crippen LogP contribution is -2.32. The summed E-state index contributed by atoms with van der Waals surface area (Å²) in [5.74, 6) is 0. The predicted molar refractivity (Wildman–Crippen MR) is 55.0 cm³/mol. The maximum absolute atomic E-state index is 11.7. The van der Waals surface area contributed by atoms with Gasteiger partial charge in [0.1, 0.15) is 0 Å². The third kappa shape index (κ3) is 1.34. The van der Waals surface area contributed by atoms with Gasteiger partial charge in [-0.1, -0.05) is 12.7 Å². The second kappa shape index (κ2) is 3.24. The zero-order valence-electron chi connectivity index (χ0n) is 8.66. The van der Waals surface area contributed by atoms with E-state index < -0.39 is 0 Å². The van der Waals surface area contributed by atoms with Crippen molar-refractivity contribution in [3.63, 3.8) is 0 Å². The van der Waals surface area contributed by atoms with Gasteiger partial charge in [-0.05, 0) is 20.8 Å². The molecule has 1 heterocycles. The van der Waals surface area contributed by atoms with Gasteiger partial charge in [0.25, 0.3) is 0 Å². The Balaban J connectivity index is 3.81. The largest absolute Gasteiger partial charge is 0.329 e. The monoisotopic (exact) mass is 180 g/mol. The van der Waals surface area contributed by atoms with Crippen LogP contribution in [0.3, 0.4) is 0 Å². The summed E-state index contributed by atoms with van der Waals surface area (Å²) < 4.78 is 3.33. The molecule has 13 heavy (non-hydrogen) atoms. The van der Waals surface area contributed by atoms with E-state index in [9.17, 15) is 4.79 Å². The average Bonchev–Trinajstić information content (AvgIpc) is 2.29. The molecule has 0 unspecified atom stereocenters. The number of hydrogen-bond acceptors (Lipinski definition) is 1. The molecule has 1 rings (SSSR count). The summed E-state index contributed by atoms with van der Waals surface area (Å²) in [5, 5.41) is 1.70. The molecule has 0 atom stereocenters. The van der Waals surface area contributed by atoms with Crippen molar-refractivity contribution in [2.75, 3.05) is 0 Å². The van der Waals surface area contributed by atoms with Crippen molar-refractivity contribution in [3.05, 3.63) is 21.2 Å². The van der Waals surface area contributed by atoms with Crippen LogP contribution < -0.4 is 16.4 Å². The third-order valence-electron chi connectivity index (χ3n) is 2.24. The molecule has 0 spiro atoms. The van der Waals surface area contributed by atoms with Gasteiger partial charge in [0, 0.05) is 13.1 Å². The molecule has 0 fully saturated rings. The molecular weight excluding hydrogens is 164 g/mol. The minimum atomic E-state index is 0.00750. The SMILES string of the molecule is C=c1/c(=C\C)n(C(C)C)c(=O)n1C. The highest BCUT2D eigenvalue weighted by Gasteiger charge is 2.07. The molecule has 3 nitrogen and oxygen atoms in total. The first kappa shape index (κ1) is 9.84. The minimum Gasteiger partial charge on any atom is -0.296 e. The van der Waals surface area contributed by atoms with Crippen LogP contribution in [0.2, 0.25) is 0 Å². The molecular formula is C10H16N2O. The lowest BCUT2D eigenvalue weighted by Gasteiger charge is -2.04. The van der Waals surface area contributed by atoms with Crippen molar-refractivity contribution >= 4 is 12.7 Å². The Labute approximate surface area is 77.6 Å². The Kier molecular flexibility index (Phi) is 2.45. The van der Waals surface area contributed by atoms with Gasteiger partial charge < -0.3 is 0 Å². The van der Waals surface area contributed by atoms with Crippen LogP contribution >= 0.6 is 0 Å². The quantitative estimate of drug-likeness (QED) is 0.596. The van der Waals surface area contributed by atoms with E-state index in [4.69, 9.17) is 0 Å². The van der Waals surface area contributed by atoms with E-state index >= 15 is 0 Å². The number of hydrogen-bond donors (Lipinski definition) is 0. The predicted octanol–water partition coefficient (Wildman–Crippen LogP) is -0.0216. The number of rotatable bonds is 1. The molecule has 0 saturated carbocycles. The molecule has 1 aromatic heterocycles. The Morgan fingerprint density at radius 1 is 1.46 bits per heavy atom. The topological polar surface area (TPSA) is 26.9 Å². The Hall–Kier alpha value is -1.25. The molecule has 0 aromatic carbocycles. The van der Waals surface area contributed by atoms with E-state index in [0.29, 0.717) is 0 Å². The van der Waals surface area contributed by atoms with Gasteiger partial charge >= 0.3 is 5.69 Å². The minimum absolute atomic E-state index is 0.00750. The smallest absolute Gasteiger partial charge is 0.296 e. The van der Waals surface area contributed by atoms with Gasteiger partial charge in [-0.15, -0.1) is 0 Å². The number of imidazole rings is 1. The van der Waals surface area contributed by atoms with Gasteiger partial charge in [0.05, 0.1) is 10.7 Å². The van der Waals surface area contributed by atoms with Gasteiger partial charge in [-0.3, -0.25) is 9.13 Å². The van der Waals surface area contributed by atoms with Crippen molar-refractivity contribution in [1.82, 2.24) is 9.13 Å². The normalized spacial score (nSPS) is 12.8. The highest BCUT2D eigenvalue weighted by Crippen LogP contribution is 1.92. The second-order valence-corrected chi connectivity index (χ2v) is 3.43. The van der Waals surface area contributed by atoms with Crippen LogP contribution in [0.15, 0.2) is 4.79 Å². The molecule has 0 aliphatic carbocycles. The molecule has 0 aliphatic rings. The van der Waals surface area contributed by atoms with E-state index in [0.717, 1.165) is 10.7 Å². The van der Waals surface area contributed by atoms with E-state index in [2.05, 4.69) is 6.58 Å². The Bertz CT molecular complexity index is 462. The molecule has 0 N–H and O–H groups in total. The zero-order valence-corrected chi connectivity index (χ0v) is 8.66. The highest BCUT2D eigenvalue weighted by molar-refractivity contribution is 5.17. The molecule has 0 bridgehead atoms. The molecule has 0 aliphatic heterocycles. The van der Waals surface area contributed by atoms with Gasteiger partial charge in [0.15, 0.2) is 0 Å². The maximum atomic E-state index is 11.7. The van der Waals surface area contributed by atoms with Gasteiger partial charge in [-0.25, -0.2) is 4.79 Å². The summed E-state index contributed by atoms with van der Waals surface area (Å²) >= 11 is 0. The second-order valence-electron chi connectivity index (χ2n) is 3.43. The van der Waals surface area contributed by atoms with Crippen molar-refractivity contribution in [2.24, 2.45) is 7.05 Å². The molecule has 0 amide bonds. The van der Waals surface area contributed by atoms with Crippen molar-refractivity contribution in [1.29, 1.82) is 0 Å². The van der Waals surface area contributed by atoms with Crippen molar-refractivity contribution in [2.45, 2.75) is 26.8 Å². The first-order valence-electron chi connectivity index (χ1n) is 4.43. The summed E-state index contributed by atoms with van der Waals surface area (Å²) in [6.45, 7) is 9.77. The van der Waals surface area contributed by atoms with Crippen LogP contribution in [0.25, 0.3) is 12.7 Å². The van der Waals surface area contributed by atoms with Crippen LogP contribution in [0, 0.1) is 0 Å². The van der Waals surface area contributed by atoms with Gasteiger partial charge in [-0.2, -0.15) is 0 Å². The van der Waals surface area contributed by atoms with Crippen LogP contribution in [0.4, 0.5) is 0 Å². The first-order chi connectivity index (χ1) is 6.00. The van der Waals surface area contributed by atoms with Crippen LogP contribution in [-0.4, -0.2) is 9.13 Å². The van der Waals surface area contributed by atoms with E-state index in [1.54, 1.807) is 16.2 Å². The number of nitrogens with zero attached hydrogens (tertiary/aromatic N) is 2. The summed E-state index contributed by atoms with van der Waals surface area (Å²) in [7, 11) is 1.75. The summed E-state index contributed by atoms with van der Waals surface area (Å²) in [6, 6.07) is 0.181. The maximum Gasteiger partial charge on any atom is 0.329 e. The third-order valence-corrected chi connectivity index (χ3v) is 2.24.